The number of benzene rings is 2. The van der Waals surface area contributed by atoms with Crippen molar-refractivity contribution in [2.45, 2.75) is 25.9 Å². The summed E-state index contributed by atoms with van der Waals surface area (Å²) < 4.78 is 45.8. The second kappa shape index (κ2) is 10.1. The minimum atomic E-state index is -4.75. The molecule has 0 saturated carbocycles. The van der Waals surface area contributed by atoms with Crippen LogP contribution in [0.1, 0.15) is 34.1 Å². The van der Waals surface area contributed by atoms with Crippen molar-refractivity contribution in [3.05, 3.63) is 88.8 Å². The molecular formula is C25H20F3N3O3S. The van der Waals surface area contributed by atoms with E-state index >= 15 is 0 Å². The van der Waals surface area contributed by atoms with Crippen molar-refractivity contribution in [1.29, 1.82) is 0 Å². The molecule has 2 amide bonds. The zero-order valence-corrected chi connectivity index (χ0v) is 19.3. The highest BCUT2D eigenvalue weighted by molar-refractivity contribution is 7.13. The molecular weight excluding hydrogens is 479 g/mol. The topological polar surface area (TPSA) is 84.2 Å². The van der Waals surface area contributed by atoms with Gasteiger partial charge in [0.1, 0.15) is 11.3 Å². The molecule has 2 N–H and O–H groups in total. The number of aromatic nitrogens is 1. The van der Waals surface area contributed by atoms with Crippen LogP contribution in [0.25, 0.3) is 10.6 Å². The van der Waals surface area contributed by atoms with Gasteiger partial charge in [-0.3, -0.25) is 9.59 Å². The zero-order valence-electron chi connectivity index (χ0n) is 18.5. The molecule has 0 bridgehead atoms. The van der Waals surface area contributed by atoms with E-state index < -0.39 is 29.2 Å². The normalized spacial score (nSPS) is 11.3. The van der Waals surface area contributed by atoms with E-state index in [2.05, 4.69) is 22.5 Å². The van der Waals surface area contributed by atoms with Crippen LogP contribution in [0.2, 0.25) is 0 Å². The number of furan rings is 1. The first-order valence-corrected chi connectivity index (χ1v) is 11.5. The second-order valence-electron chi connectivity index (χ2n) is 7.64. The molecule has 180 valence electrons. The van der Waals surface area contributed by atoms with E-state index in [1.54, 1.807) is 5.38 Å². The number of aryl methyl sites for hydroxylation is 1. The minimum absolute atomic E-state index is 0.0697. The number of rotatable bonds is 7. The Bertz CT molecular complexity index is 1330. The Balaban J connectivity index is 1.46. The molecule has 4 aromatic rings. The van der Waals surface area contributed by atoms with Gasteiger partial charge in [0.2, 0.25) is 5.91 Å². The smallest absolute Gasteiger partial charge is 0.418 e. The molecule has 0 saturated heterocycles. The third-order valence-electron chi connectivity index (χ3n) is 5.14. The average molecular weight is 500 g/mol. The predicted molar refractivity (Wildman–Crippen MR) is 127 cm³/mol. The quantitative estimate of drug-likeness (QED) is 0.307. The van der Waals surface area contributed by atoms with Crippen molar-refractivity contribution in [2.75, 3.05) is 10.6 Å². The summed E-state index contributed by atoms with van der Waals surface area (Å²) in [7, 11) is 0. The van der Waals surface area contributed by atoms with Gasteiger partial charge >= 0.3 is 6.18 Å². The first-order chi connectivity index (χ1) is 16.7. The number of carbonyl (C=O) groups is 2. The van der Waals surface area contributed by atoms with E-state index in [0.29, 0.717) is 5.69 Å². The summed E-state index contributed by atoms with van der Waals surface area (Å²) in [5, 5.41) is 7.13. The lowest BCUT2D eigenvalue weighted by atomic mass is 10.1. The number of hydrogen-bond donors (Lipinski definition) is 2. The predicted octanol–water partition coefficient (Wildman–Crippen LogP) is 6.42. The lowest BCUT2D eigenvalue weighted by molar-refractivity contribution is -0.136. The molecule has 10 heteroatoms. The maximum Gasteiger partial charge on any atom is 0.418 e. The summed E-state index contributed by atoms with van der Waals surface area (Å²) in [6.07, 6.45) is -1.56. The number of thiazole rings is 1. The van der Waals surface area contributed by atoms with Gasteiger partial charge < -0.3 is 15.1 Å². The van der Waals surface area contributed by atoms with Crippen LogP contribution in [-0.4, -0.2) is 16.8 Å². The average Bonchev–Trinajstić information content (AvgIpc) is 3.52. The summed E-state index contributed by atoms with van der Waals surface area (Å²) in [5.74, 6) is -1.25. The largest absolute Gasteiger partial charge is 0.472 e. The fourth-order valence-electron chi connectivity index (χ4n) is 3.33. The fraction of sp³-hybridized carbons (Fsp3) is 0.160. The van der Waals surface area contributed by atoms with Crippen molar-refractivity contribution in [3.63, 3.8) is 0 Å². The minimum Gasteiger partial charge on any atom is -0.472 e. The van der Waals surface area contributed by atoms with E-state index in [4.69, 9.17) is 4.42 Å². The number of nitrogens with one attached hydrogen (secondary N) is 2. The van der Waals surface area contributed by atoms with Gasteiger partial charge in [0, 0.05) is 16.6 Å². The number of carbonyl (C=O) groups excluding carboxylic acids is 2. The van der Waals surface area contributed by atoms with Gasteiger partial charge in [-0.15, -0.1) is 11.3 Å². The Morgan fingerprint density at radius 3 is 2.49 bits per heavy atom. The molecule has 2 aromatic carbocycles. The summed E-state index contributed by atoms with van der Waals surface area (Å²) >= 11 is 1.36. The molecule has 0 spiro atoms. The van der Waals surface area contributed by atoms with Crippen LogP contribution in [0.5, 0.6) is 0 Å². The summed E-state index contributed by atoms with van der Waals surface area (Å²) in [4.78, 5) is 29.1. The molecule has 0 radical (unpaired) electrons. The van der Waals surface area contributed by atoms with Gasteiger partial charge in [0.15, 0.2) is 0 Å². The molecule has 0 aliphatic rings. The summed E-state index contributed by atoms with van der Waals surface area (Å²) in [6.45, 7) is 2.06. The molecule has 0 fully saturated rings. The van der Waals surface area contributed by atoms with Crippen molar-refractivity contribution in [3.8, 4) is 10.6 Å². The third kappa shape index (κ3) is 5.96. The Kier molecular flexibility index (Phi) is 7.02. The van der Waals surface area contributed by atoms with Crippen LogP contribution in [0.4, 0.5) is 24.5 Å². The van der Waals surface area contributed by atoms with Gasteiger partial charge in [0.25, 0.3) is 5.91 Å². The van der Waals surface area contributed by atoms with Crippen LogP contribution >= 0.6 is 11.3 Å². The van der Waals surface area contributed by atoms with Crippen molar-refractivity contribution >= 4 is 34.5 Å². The van der Waals surface area contributed by atoms with Crippen molar-refractivity contribution in [2.24, 2.45) is 0 Å². The highest BCUT2D eigenvalue weighted by Crippen LogP contribution is 2.37. The van der Waals surface area contributed by atoms with E-state index in [-0.39, 0.29) is 17.7 Å². The molecule has 6 nitrogen and oxygen atoms in total. The molecule has 2 heterocycles. The maximum atomic E-state index is 13.7. The molecule has 2 aromatic heterocycles. The van der Waals surface area contributed by atoms with Crippen LogP contribution in [0.15, 0.2) is 70.9 Å². The molecule has 0 unspecified atom stereocenters. The molecule has 0 aliphatic carbocycles. The number of nitrogens with zero attached hydrogens (tertiary/aromatic N) is 1. The van der Waals surface area contributed by atoms with E-state index in [9.17, 15) is 22.8 Å². The molecule has 35 heavy (non-hydrogen) atoms. The number of hydrogen-bond acceptors (Lipinski definition) is 5. The fourth-order valence-corrected chi connectivity index (χ4v) is 4.15. The Labute approximate surface area is 202 Å². The lowest BCUT2D eigenvalue weighted by Crippen LogP contribution is -2.19. The van der Waals surface area contributed by atoms with Crippen LogP contribution < -0.4 is 10.6 Å². The van der Waals surface area contributed by atoms with Crippen molar-refractivity contribution < 1.29 is 27.2 Å². The SMILES string of the molecule is CCc1ccc(-c2nc(CC(=O)Nc3ccc(NC(=O)c4ccoc4)cc3C(F)(F)F)cs2)cc1. The van der Waals surface area contributed by atoms with E-state index in [1.165, 1.54) is 41.6 Å². The van der Waals surface area contributed by atoms with Gasteiger partial charge in [-0.25, -0.2) is 4.98 Å². The number of alkyl halides is 3. The van der Waals surface area contributed by atoms with E-state index in [0.717, 1.165) is 29.1 Å². The van der Waals surface area contributed by atoms with Gasteiger partial charge in [0.05, 0.1) is 35.2 Å². The first kappa shape index (κ1) is 24.2. The lowest BCUT2D eigenvalue weighted by Gasteiger charge is -2.15. The first-order valence-electron chi connectivity index (χ1n) is 10.6. The third-order valence-corrected chi connectivity index (χ3v) is 6.08. The van der Waals surface area contributed by atoms with Gasteiger partial charge in [-0.05, 0) is 36.2 Å². The Morgan fingerprint density at radius 1 is 1.06 bits per heavy atom. The summed E-state index contributed by atoms with van der Waals surface area (Å²) in [6, 6.07) is 12.4. The second-order valence-corrected chi connectivity index (χ2v) is 8.50. The summed E-state index contributed by atoms with van der Waals surface area (Å²) in [5.41, 5.74) is 1.17. The Hall–Kier alpha value is -3.92. The van der Waals surface area contributed by atoms with Crippen LogP contribution in [-0.2, 0) is 23.8 Å². The van der Waals surface area contributed by atoms with Gasteiger partial charge in [-0.1, -0.05) is 31.2 Å². The molecule has 0 atom stereocenters. The van der Waals surface area contributed by atoms with Crippen LogP contribution in [0.3, 0.4) is 0 Å². The number of halogens is 3. The number of anilines is 2. The Morgan fingerprint density at radius 2 is 1.83 bits per heavy atom. The monoisotopic (exact) mass is 499 g/mol. The zero-order chi connectivity index (χ0) is 25.0. The van der Waals surface area contributed by atoms with E-state index in [1.807, 2.05) is 24.3 Å². The van der Waals surface area contributed by atoms with Gasteiger partial charge in [-0.2, -0.15) is 13.2 Å². The number of amides is 2. The highest BCUT2D eigenvalue weighted by atomic mass is 32.1. The molecule has 4 rings (SSSR count). The highest BCUT2D eigenvalue weighted by Gasteiger charge is 2.34. The maximum absolute atomic E-state index is 13.7. The van der Waals surface area contributed by atoms with Crippen molar-refractivity contribution in [1.82, 2.24) is 4.98 Å². The molecule has 0 aliphatic heterocycles. The van der Waals surface area contributed by atoms with Crippen LogP contribution in [0, 0.1) is 0 Å². The standard InChI is InChI=1S/C25H20F3N3O3S/c1-2-15-3-5-16(6-4-15)24-30-19(14-35-24)12-22(32)31-21-8-7-18(11-20(21)25(26,27)28)29-23(33)17-9-10-34-13-17/h3-11,13-14H,2,12H2,1H3,(H,29,33)(H,31,32).